The Labute approximate surface area is 115 Å². The first-order chi connectivity index (χ1) is 9.72. The van der Waals surface area contributed by atoms with Crippen LogP contribution in [0.15, 0.2) is 42.7 Å². The summed E-state index contributed by atoms with van der Waals surface area (Å²) in [5.74, 6) is -0.674. The average molecular weight is 269 g/mol. The van der Waals surface area contributed by atoms with Gasteiger partial charge in [-0.05, 0) is 24.1 Å². The number of carbonyl (C=O) groups is 1. The van der Waals surface area contributed by atoms with Gasteiger partial charge in [0.05, 0.1) is 11.1 Å². The van der Waals surface area contributed by atoms with Crippen molar-refractivity contribution >= 4 is 5.91 Å². The lowest BCUT2D eigenvalue weighted by Crippen LogP contribution is -2.26. The van der Waals surface area contributed by atoms with E-state index in [1.165, 1.54) is 24.5 Å². The fourth-order valence-electron chi connectivity index (χ4n) is 1.78. The third-order valence-corrected chi connectivity index (χ3v) is 2.82. The quantitative estimate of drug-likeness (QED) is 0.924. The van der Waals surface area contributed by atoms with E-state index in [0.717, 1.165) is 0 Å². The number of hydrogen-bond donors (Lipinski definition) is 1. The van der Waals surface area contributed by atoms with Crippen LogP contribution in [0.25, 0.3) is 0 Å². The number of amides is 1. The van der Waals surface area contributed by atoms with Gasteiger partial charge in [0.2, 0.25) is 0 Å². The van der Waals surface area contributed by atoms with Crippen molar-refractivity contribution in [2.45, 2.75) is 6.42 Å². The van der Waals surface area contributed by atoms with Crippen LogP contribution in [-0.2, 0) is 6.42 Å². The van der Waals surface area contributed by atoms with Gasteiger partial charge in [-0.25, -0.2) is 4.39 Å². The van der Waals surface area contributed by atoms with Gasteiger partial charge in [0.1, 0.15) is 11.9 Å². The van der Waals surface area contributed by atoms with Crippen LogP contribution in [0.4, 0.5) is 4.39 Å². The highest BCUT2D eigenvalue weighted by atomic mass is 19.1. The molecule has 0 aliphatic rings. The van der Waals surface area contributed by atoms with E-state index in [-0.39, 0.29) is 22.9 Å². The van der Waals surface area contributed by atoms with Crippen LogP contribution in [-0.4, -0.2) is 17.4 Å². The van der Waals surface area contributed by atoms with Crippen molar-refractivity contribution in [3.63, 3.8) is 0 Å². The Hall–Kier alpha value is -2.74. The summed E-state index contributed by atoms with van der Waals surface area (Å²) in [7, 11) is 0. The van der Waals surface area contributed by atoms with E-state index in [4.69, 9.17) is 5.26 Å². The zero-order valence-corrected chi connectivity index (χ0v) is 10.6. The predicted molar refractivity (Wildman–Crippen MR) is 71.4 cm³/mol. The van der Waals surface area contributed by atoms with Crippen molar-refractivity contribution < 1.29 is 9.18 Å². The molecule has 20 heavy (non-hydrogen) atoms. The van der Waals surface area contributed by atoms with Gasteiger partial charge in [0, 0.05) is 18.9 Å². The minimum atomic E-state index is -0.383. The second kappa shape index (κ2) is 6.43. The number of nitrogens with one attached hydrogen (secondary N) is 1. The molecule has 0 aliphatic heterocycles. The molecule has 0 radical (unpaired) electrons. The number of nitriles is 1. The van der Waals surface area contributed by atoms with E-state index in [1.807, 2.05) is 6.07 Å². The molecule has 0 saturated heterocycles. The van der Waals surface area contributed by atoms with Gasteiger partial charge in [0.15, 0.2) is 0 Å². The summed E-state index contributed by atoms with van der Waals surface area (Å²) in [5, 5.41) is 11.6. The lowest BCUT2D eigenvalue weighted by Gasteiger charge is -2.06. The highest BCUT2D eigenvalue weighted by Crippen LogP contribution is 2.07. The molecule has 0 fully saturated rings. The maximum Gasteiger partial charge on any atom is 0.254 e. The van der Waals surface area contributed by atoms with Gasteiger partial charge in [-0.1, -0.05) is 18.2 Å². The summed E-state index contributed by atoms with van der Waals surface area (Å²) in [4.78, 5) is 15.7. The molecule has 2 rings (SSSR count). The van der Waals surface area contributed by atoms with Crippen molar-refractivity contribution in [3.8, 4) is 6.07 Å². The van der Waals surface area contributed by atoms with Crippen molar-refractivity contribution in [3.05, 3.63) is 65.2 Å². The largest absolute Gasteiger partial charge is 0.352 e. The minimum Gasteiger partial charge on any atom is -0.352 e. The first-order valence-corrected chi connectivity index (χ1v) is 6.08. The van der Waals surface area contributed by atoms with E-state index >= 15 is 0 Å². The van der Waals surface area contributed by atoms with E-state index in [9.17, 15) is 9.18 Å². The molecule has 1 N–H and O–H groups in total. The average Bonchev–Trinajstić information content (AvgIpc) is 2.49. The third kappa shape index (κ3) is 3.18. The number of halogens is 1. The maximum atomic E-state index is 13.4. The fourth-order valence-corrected chi connectivity index (χ4v) is 1.78. The van der Waals surface area contributed by atoms with E-state index < -0.39 is 0 Å². The molecule has 100 valence electrons. The molecule has 5 heteroatoms. The number of carbonyl (C=O) groups excluding carboxylic acids is 1. The first-order valence-electron chi connectivity index (χ1n) is 6.08. The van der Waals surface area contributed by atoms with Gasteiger partial charge >= 0.3 is 0 Å². The number of benzene rings is 1. The van der Waals surface area contributed by atoms with Crippen LogP contribution in [0.1, 0.15) is 21.5 Å². The Balaban J connectivity index is 1.97. The monoisotopic (exact) mass is 269 g/mol. The Morgan fingerprint density at radius 2 is 2.15 bits per heavy atom. The first kappa shape index (κ1) is 13.7. The van der Waals surface area contributed by atoms with Crippen molar-refractivity contribution in [2.75, 3.05) is 6.54 Å². The zero-order chi connectivity index (χ0) is 14.4. The topological polar surface area (TPSA) is 65.8 Å². The maximum absolute atomic E-state index is 13.4. The summed E-state index contributed by atoms with van der Waals surface area (Å²) in [6.45, 7) is 0.291. The van der Waals surface area contributed by atoms with Crippen molar-refractivity contribution in [2.24, 2.45) is 0 Å². The molecule has 1 amide bonds. The summed E-state index contributed by atoms with van der Waals surface area (Å²) in [6, 6.07) is 9.83. The molecule has 4 nitrogen and oxygen atoms in total. The van der Waals surface area contributed by atoms with Crippen molar-refractivity contribution in [1.29, 1.82) is 5.26 Å². The van der Waals surface area contributed by atoms with Crippen LogP contribution < -0.4 is 5.32 Å². The second-order valence-electron chi connectivity index (χ2n) is 4.13. The summed E-state index contributed by atoms with van der Waals surface area (Å²) in [5.41, 5.74) is 1.03. The SMILES string of the molecule is N#Cc1ccncc1C(=O)NCCc1ccccc1F. The Bertz CT molecular complexity index is 664. The lowest BCUT2D eigenvalue weighted by molar-refractivity contribution is 0.0953. The van der Waals surface area contributed by atoms with Crippen LogP contribution in [0, 0.1) is 17.1 Å². The minimum absolute atomic E-state index is 0.225. The molecular weight excluding hydrogens is 257 g/mol. The Morgan fingerprint density at radius 3 is 2.90 bits per heavy atom. The molecule has 0 atom stereocenters. The molecule has 1 aromatic heterocycles. The number of aromatic nitrogens is 1. The predicted octanol–water partition coefficient (Wildman–Crippen LogP) is 2.06. The summed E-state index contributed by atoms with van der Waals surface area (Å²) >= 11 is 0. The lowest BCUT2D eigenvalue weighted by atomic mass is 10.1. The molecule has 0 unspecified atom stereocenters. The van der Waals surface area contributed by atoms with Crippen LogP contribution in [0.2, 0.25) is 0 Å². The molecule has 1 aromatic carbocycles. The molecule has 1 heterocycles. The fraction of sp³-hybridized carbons (Fsp3) is 0.133. The Morgan fingerprint density at radius 1 is 1.35 bits per heavy atom. The van der Waals surface area contributed by atoms with Crippen molar-refractivity contribution in [1.82, 2.24) is 10.3 Å². The number of pyridine rings is 1. The number of rotatable bonds is 4. The van der Waals surface area contributed by atoms with Crippen LogP contribution >= 0.6 is 0 Å². The summed E-state index contributed by atoms with van der Waals surface area (Å²) in [6.07, 6.45) is 3.19. The van der Waals surface area contributed by atoms with E-state index in [0.29, 0.717) is 18.5 Å². The molecule has 0 spiro atoms. The van der Waals surface area contributed by atoms with Gasteiger partial charge in [0.25, 0.3) is 5.91 Å². The number of hydrogen-bond acceptors (Lipinski definition) is 3. The molecule has 0 saturated carbocycles. The second-order valence-corrected chi connectivity index (χ2v) is 4.13. The standard InChI is InChI=1S/C15H12FN3O/c16-14-4-2-1-3-11(14)6-8-19-15(20)13-10-18-7-5-12(13)9-17/h1-5,7,10H,6,8H2,(H,19,20). The van der Waals surface area contributed by atoms with Crippen LogP contribution in [0.5, 0.6) is 0 Å². The molecule has 2 aromatic rings. The Kier molecular flexibility index (Phi) is 4.40. The highest BCUT2D eigenvalue weighted by molar-refractivity contribution is 5.96. The molecular formula is C15H12FN3O. The van der Waals surface area contributed by atoms with Gasteiger partial charge < -0.3 is 5.32 Å². The number of nitrogens with zero attached hydrogens (tertiary/aromatic N) is 2. The van der Waals surface area contributed by atoms with Gasteiger partial charge in [-0.3, -0.25) is 9.78 Å². The smallest absolute Gasteiger partial charge is 0.254 e. The normalized spacial score (nSPS) is 9.80. The molecule has 0 aliphatic carbocycles. The van der Waals surface area contributed by atoms with E-state index in [2.05, 4.69) is 10.3 Å². The zero-order valence-electron chi connectivity index (χ0n) is 10.6. The summed E-state index contributed by atoms with van der Waals surface area (Å²) < 4.78 is 13.4. The van der Waals surface area contributed by atoms with Crippen LogP contribution in [0.3, 0.4) is 0 Å². The third-order valence-electron chi connectivity index (χ3n) is 2.82. The van der Waals surface area contributed by atoms with Gasteiger partial charge in [-0.15, -0.1) is 0 Å². The van der Waals surface area contributed by atoms with Gasteiger partial charge in [-0.2, -0.15) is 5.26 Å². The van der Waals surface area contributed by atoms with E-state index in [1.54, 1.807) is 18.2 Å². The highest BCUT2D eigenvalue weighted by Gasteiger charge is 2.10. The molecule has 0 bridgehead atoms.